The summed E-state index contributed by atoms with van der Waals surface area (Å²) in [6.07, 6.45) is 8.80. The lowest BCUT2D eigenvalue weighted by atomic mass is 9.48. The highest BCUT2D eigenvalue weighted by atomic mass is 35.5. The summed E-state index contributed by atoms with van der Waals surface area (Å²) < 4.78 is 0. The first-order valence-electron chi connectivity index (χ1n) is 9.06. The van der Waals surface area contributed by atoms with Crippen LogP contribution in [0.2, 0.25) is 5.02 Å². The quantitative estimate of drug-likeness (QED) is 0.858. The van der Waals surface area contributed by atoms with Crippen molar-refractivity contribution in [1.82, 2.24) is 5.32 Å². The van der Waals surface area contributed by atoms with Crippen molar-refractivity contribution in [3.05, 3.63) is 34.9 Å². The number of halogens is 1. The molecule has 0 spiro atoms. The molecule has 1 aromatic carbocycles. The first-order chi connectivity index (χ1) is 11.0. The molecule has 1 atom stereocenters. The van der Waals surface area contributed by atoms with Crippen LogP contribution < -0.4 is 5.32 Å². The maximum absolute atomic E-state index is 12.5. The molecule has 0 aromatic heterocycles. The van der Waals surface area contributed by atoms with Gasteiger partial charge in [0.15, 0.2) is 0 Å². The molecule has 0 aliphatic heterocycles. The molecule has 3 heteroatoms. The van der Waals surface area contributed by atoms with E-state index in [1.165, 1.54) is 38.5 Å². The fourth-order valence-electron chi connectivity index (χ4n) is 5.94. The van der Waals surface area contributed by atoms with Crippen molar-refractivity contribution >= 4 is 17.5 Å². The molecule has 1 N–H and O–H groups in total. The van der Waals surface area contributed by atoms with E-state index in [0.717, 1.165) is 28.3 Å². The highest BCUT2D eigenvalue weighted by molar-refractivity contribution is 6.30. The average molecular weight is 332 g/mol. The zero-order valence-corrected chi connectivity index (χ0v) is 14.6. The fourth-order valence-corrected chi connectivity index (χ4v) is 6.07. The SMILES string of the molecule is CC(NC(=O)Cc1ccc(Cl)cc1)C12CC3CC(CC(C3)C1)C2. The van der Waals surface area contributed by atoms with Gasteiger partial charge in [0.25, 0.3) is 0 Å². The third kappa shape index (κ3) is 3.03. The van der Waals surface area contributed by atoms with Gasteiger partial charge in [0.1, 0.15) is 0 Å². The molecule has 4 fully saturated rings. The Bertz CT molecular complexity index is 559. The van der Waals surface area contributed by atoms with Crippen molar-refractivity contribution in [2.45, 2.75) is 57.9 Å². The van der Waals surface area contributed by atoms with Gasteiger partial charge in [-0.05, 0) is 86.3 Å². The molecule has 1 unspecified atom stereocenters. The van der Waals surface area contributed by atoms with Crippen LogP contribution >= 0.6 is 11.6 Å². The molecule has 5 rings (SSSR count). The van der Waals surface area contributed by atoms with Gasteiger partial charge >= 0.3 is 0 Å². The minimum absolute atomic E-state index is 0.149. The molecule has 0 heterocycles. The Balaban J connectivity index is 1.40. The number of benzene rings is 1. The van der Waals surface area contributed by atoms with Crippen LogP contribution in [-0.2, 0) is 11.2 Å². The van der Waals surface area contributed by atoms with Crippen LogP contribution in [-0.4, -0.2) is 11.9 Å². The summed E-state index contributed by atoms with van der Waals surface area (Å²) in [4.78, 5) is 12.5. The number of amides is 1. The number of carbonyl (C=O) groups is 1. The van der Waals surface area contributed by atoms with Gasteiger partial charge in [0, 0.05) is 11.1 Å². The lowest BCUT2D eigenvalue weighted by Gasteiger charge is -2.59. The number of rotatable bonds is 4. The Morgan fingerprint density at radius 2 is 1.65 bits per heavy atom. The number of carbonyl (C=O) groups excluding carboxylic acids is 1. The van der Waals surface area contributed by atoms with Crippen LogP contribution in [0.1, 0.15) is 51.0 Å². The topological polar surface area (TPSA) is 29.1 Å². The van der Waals surface area contributed by atoms with Crippen LogP contribution in [0.15, 0.2) is 24.3 Å². The van der Waals surface area contributed by atoms with Crippen molar-refractivity contribution in [2.75, 3.05) is 0 Å². The van der Waals surface area contributed by atoms with Crippen LogP contribution in [0.3, 0.4) is 0 Å². The van der Waals surface area contributed by atoms with E-state index in [2.05, 4.69) is 12.2 Å². The molecule has 4 aliphatic rings. The summed E-state index contributed by atoms with van der Waals surface area (Å²) in [5.74, 6) is 2.93. The fraction of sp³-hybridized carbons (Fsp3) is 0.650. The van der Waals surface area contributed by atoms with Gasteiger partial charge in [-0.25, -0.2) is 0 Å². The van der Waals surface area contributed by atoms with Crippen molar-refractivity contribution in [3.63, 3.8) is 0 Å². The van der Waals surface area contributed by atoms with Gasteiger partial charge in [-0.1, -0.05) is 23.7 Å². The van der Waals surface area contributed by atoms with E-state index in [4.69, 9.17) is 11.6 Å². The predicted molar refractivity (Wildman–Crippen MR) is 93.4 cm³/mol. The molecular weight excluding hydrogens is 306 g/mol. The molecule has 23 heavy (non-hydrogen) atoms. The summed E-state index contributed by atoms with van der Waals surface area (Å²) in [7, 11) is 0. The highest BCUT2D eigenvalue weighted by Gasteiger charge is 2.53. The minimum atomic E-state index is 0.149. The Hall–Kier alpha value is -1.02. The van der Waals surface area contributed by atoms with E-state index >= 15 is 0 Å². The standard InChI is InChI=1S/C20H26ClNO/c1-13(22-19(23)9-14-2-4-18(21)5-3-14)20-10-15-6-16(11-20)8-17(7-15)12-20/h2-5,13,15-17H,6-12H2,1H3,(H,22,23). The first kappa shape index (κ1) is 15.5. The predicted octanol–water partition coefficient (Wildman–Crippen LogP) is 4.60. The van der Waals surface area contributed by atoms with E-state index in [1.807, 2.05) is 24.3 Å². The Labute approximate surface area is 144 Å². The molecule has 4 saturated carbocycles. The van der Waals surface area contributed by atoms with E-state index in [0.29, 0.717) is 17.9 Å². The summed E-state index contributed by atoms with van der Waals surface area (Å²) >= 11 is 5.91. The van der Waals surface area contributed by atoms with Crippen molar-refractivity contribution in [2.24, 2.45) is 23.2 Å². The molecule has 124 valence electrons. The van der Waals surface area contributed by atoms with E-state index < -0.39 is 0 Å². The Kier molecular flexibility index (Phi) is 3.91. The Morgan fingerprint density at radius 3 is 2.17 bits per heavy atom. The smallest absolute Gasteiger partial charge is 0.224 e. The van der Waals surface area contributed by atoms with Crippen LogP contribution in [0.25, 0.3) is 0 Å². The zero-order valence-electron chi connectivity index (χ0n) is 13.9. The van der Waals surface area contributed by atoms with Crippen LogP contribution in [0, 0.1) is 23.2 Å². The van der Waals surface area contributed by atoms with Crippen LogP contribution in [0.5, 0.6) is 0 Å². The van der Waals surface area contributed by atoms with E-state index in [-0.39, 0.29) is 5.91 Å². The maximum Gasteiger partial charge on any atom is 0.224 e. The zero-order chi connectivity index (χ0) is 16.0. The number of hydrogen-bond donors (Lipinski definition) is 1. The third-order valence-corrected chi connectivity index (χ3v) is 6.91. The summed E-state index contributed by atoms with van der Waals surface area (Å²) in [6, 6.07) is 7.89. The maximum atomic E-state index is 12.5. The van der Waals surface area contributed by atoms with Gasteiger partial charge in [-0.2, -0.15) is 0 Å². The summed E-state index contributed by atoms with van der Waals surface area (Å²) in [5.41, 5.74) is 1.41. The molecule has 1 aromatic rings. The monoisotopic (exact) mass is 331 g/mol. The normalized spacial score (nSPS) is 36.0. The summed E-state index contributed by atoms with van der Waals surface area (Å²) in [6.45, 7) is 2.24. The lowest BCUT2D eigenvalue weighted by molar-refractivity contribution is -0.125. The lowest BCUT2D eigenvalue weighted by Crippen LogP contribution is -2.56. The van der Waals surface area contributed by atoms with E-state index in [9.17, 15) is 4.79 Å². The van der Waals surface area contributed by atoms with Gasteiger partial charge < -0.3 is 5.32 Å². The highest BCUT2D eigenvalue weighted by Crippen LogP contribution is 2.61. The molecule has 4 aliphatic carbocycles. The van der Waals surface area contributed by atoms with Gasteiger partial charge in [0.2, 0.25) is 5.91 Å². The second-order valence-corrected chi connectivity index (χ2v) is 8.81. The van der Waals surface area contributed by atoms with Crippen molar-refractivity contribution in [1.29, 1.82) is 0 Å². The second-order valence-electron chi connectivity index (χ2n) is 8.37. The second kappa shape index (κ2) is 5.81. The first-order valence-corrected chi connectivity index (χ1v) is 9.44. The largest absolute Gasteiger partial charge is 0.353 e. The Morgan fingerprint density at radius 1 is 1.13 bits per heavy atom. The van der Waals surface area contributed by atoms with Crippen molar-refractivity contribution in [3.8, 4) is 0 Å². The number of nitrogens with one attached hydrogen (secondary N) is 1. The van der Waals surface area contributed by atoms with E-state index in [1.54, 1.807) is 0 Å². The molecule has 4 bridgehead atoms. The van der Waals surface area contributed by atoms with Gasteiger partial charge in [-0.3, -0.25) is 4.79 Å². The average Bonchev–Trinajstić information content (AvgIpc) is 2.48. The number of hydrogen-bond acceptors (Lipinski definition) is 1. The molecular formula is C20H26ClNO. The molecule has 0 saturated heterocycles. The third-order valence-electron chi connectivity index (χ3n) is 6.66. The van der Waals surface area contributed by atoms with Gasteiger partial charge in [-0.15, -0.1) is 0 Å². The van der Waals surface area contributed by atoms with Crippen molar-refractivity contribution < 1.29 is 4.79 Å². The molecule has 0 radical (unpaired) electrons. The van der Waals surface area contributed by atoms with Gasteiger partial charge in [0.05, 0.1) is 6.42 Å². The molecule has 1 amide bonds. The van der Waals surface area contributed by atoms with Crippen LogP contribution in [0.4, 0.5) is 0 Å². The molecule has 2 nitrogen and oxygen atoms in total. The minimum Gasteiger partial charge on any atom is -0.353 e. The summed E-state index contributed by atoms with van der Waals surface area (Å²) in [5, 5.41) is 4.05.